The molecule has 0 spiro atoms. The predicted octanol–water partition coefficient (Wildman–Crippen LogP) is 2.79. The molecule has 0 aliphatic heterocycles. The summed E-state index contributed by atoms with van der Waals surface area (Å²) in [6.45, 7) is 1.81. The first-order valence-electron chi connectivity index (χ1n) is 5.68. The minimum Gasteiger partial charge on any atom is -0.497 e. The molecule has 0 unspecified atom stereocenters. The zero-order chi connectivity index (χ0) is 13.8. The molecule has 0 aliphatic carbocycles. The van der Waals surface area contributed by atoms with Gasteiger partial charge in [-0.1, -0.05) is 6.07 Å². The summed E-state index contributed by atoms with van der Waals surface area (Å²) in [6.07, 6.45) is 1.56. The minimum absolute atomic E-state index is 0.0501. The number of hydrogen-bond acceptors (Lipinski definition) is 3. The van der Waals surface area contributed by atoms with Crippen molar-refractivity contribution < 1.29 is 13.9 Å². The number of ether oxygens (including phenoxy) is 1. The highest BCUT2D eigenvalue weighted by atomic mass is 19.1. The van der Waals surface area contributed by atoms with Gasteiger partial charge in [-0.05, 0) is 30.7 Å². The molecular weight excluding hydrogens is 247 g/mol. The van der Waals surface area contributed by atoms with Gasteiger partial charge in [-0.15, -0.1) is 0 Å². The average Bonchev–Trinajstić information content (AvgIpc) is 2.41. The number of anilines is 1. The Morgan fingerprint density at radius 1 is 1.37 bits per heavy atom. The highest BCUT2D eigenvalue weighted by Gasteiger charge is 2.13. The number of amides is 1. The molecule has 0 bridgehead atoms. The maximum absolute atomic E-state index is 13.7. The fourth-order valence-corrected chi connectivity index (χ4v) is 1.60. The molecule has 2 rings (SSSR count). The van der Waals surface area contributed by atoms with Crippen LogP contribution in [0.3, 0.4) is 0 Å². The molecule has 0 saturated heterocycles. The van der Waals surface area contributed by atoms with Gasteiger partial charge in [0.1, 0.15) is 17.4 Å². The Morgan fingerprint density at radius 2 is 2.16 bits per heavy atom. The number of carbonyl (C=O) groups is 1. The Hall–Kier alpha value is -2.43. The van der Waals surface area contributed by atoms with Crippen molar-refractivity contribution >= 4 is 11.7 Å². The molecule has 4 nitrogen and oxygen atoms in total. The number of hydrogen-bond donors (Lipinski definition) is 1. The minimum atomic E-state index is -0.634. The van der Waals surface area contributed by atoms with Crippen LogP contribution < -0.4 is 10.1 Å². The fraction of sp³-hybridized carbons (Fsp3) is 0.143. The Kier molecular flexibility index (Phi) is 3.75. The summed E-state index contributed by atoms with van der Waals surface area (Å²) in [5.74, 6) is -0.391. The van der Waals surface area contributed by atoms with E-state index >= 15 is 0 Å². The molecule has 0 fully saturated rings. The summed E-state index contributed by atoms with van der Waals surface area (Å²) in [5.41, 5.74) is 0.760. The van der Waals surface area contributed by atoms with E-state index in [-0.39, 0.29) is 5.56 Å². The lowest BCUT2D eigenvalue weighted by Crippen LogP contribution is -2.15. The zero-order valence-corrected chi connectivity index (χ0v) is 10.6. The molecule has 1 amide bonds. The highest BCUT2D eigenvalue weighted by Crippen LogP contribution is 2.18. The van der Waals surface area contributed by atoms with Crippen molar-refractivity contribution in [2.75, 3.05) is 12.4 Å². The van der Waals surface area contributed by atoms with Crippen LogP contribution in [0.1, 0.15) is 15.9 Å². The largest absolute Gasteiger partial charge is 0.497 e. The van der Waals surface area contributed by atoms with Crippen molar-refractivity contribution in [1.29, 1.82) is 0 Å². The van der Waals surface area contributed by atoms with Crippen LogP contribution in [0.25, 0.3) is 0 Å². The number of pyridine rings is 1. The summed E-state index contributed by atoms with van der Waals surface area (Å²) < 4.78 is 18.6. The van der Waals surface area contributed by atoms with Gasteiger partial charge in [-0.2, -0.15) is 0 Å². The number of aryl methyl sites for hydroxylation is 1. The van der Waals surface area contributed by atoms with Gasteiger partial charge in [-0.3, -0.25) is 4.79 Å². The number of nitrogens with zero attached hydrogens (tertiary/aromatic N) is 1. The van der Waals surface area contributed by atoms with Gasteiger partial charge >= 0.3 is 0 Å². The van der Waals surface area contributed by atoms with E-state index in [9.17, 15) is 9.18 Å². The Balaban J connectivity index is 2.23. The molecule has 2 aromatic rings. The van der Waals surface area contributed by atoms with E-state index in [0.717, 1.165) is 5.56 Å². The monoisotopic (exact) mass is 260 g/mol. The van der Waals surface area contributed by atoms with Crippen LogP contribution in [0.2, 0.25) is 0 Å². The first-order valence-corrected chi connectivity index (χ1v) is 5.68. The van der Waals surface area contributed by atoms with Crippen molar-refractivity contribution in [2.24, 2.45) is 0 Å². The summed E-state index contributed by atoms with van der Waals surface area (Å²) in [6, 6.07) is 7.65. The van der Waals surface area contributed by atoms with Gasteiger partial charge < -0.3 is 10.1 Å². The Bertz CT molecular complexity index is 614. The lowest BCUT2D eigenvalue weighted by atomic mass is 10.2. The van der Waals surface area contributed by atoms with Crippen LogP contribution in [0.5, 0.6) is 5.75 Å². The fourth-order valence-electron chi connectivity index (χ4n) is 1.60. The van der Waals surface area contributed by atoms with Gasteiger partial charge in [0, 0.05) is 12.3 Å². The first-order chi connectivity index (χ1) is 9.11. The molecule has 0 radical (unpaired) electrons. The van der Waals surface area contributed by atoms with Crippen molar-refractivity contribution in [3.8, 4) is 5.75 Å². The smallest absolute Gasteiger partial charge is 0.259 e. The van der Waals surface area contributed by atoms with Gasteiger partial charge in [0.2, 0.25) is 0 Å². The van der Waals surface area contributed by atoms with Crippen molar-refractivity contribution in [3.05, 3.63) is 53.5 Å². The molecular formula is C14H13FN2O2. The summed E-state index contributed by atoms with van der Waals surface area (Å²) in [4.78, 5) is 16.0. The lowest BCUT2D eigenvalue weighted by molar-refractivity contribution is 0.102. The number of nitrogens with one attached hydrogen (secondary N) is 1. The second kappa shape index (κ2) is 5.48. The maximum atomic E-state index is 13.7. The van der Waals surface area contributed by atoms with Crippen LogP contribution in [0.4, 0.5) is 10.2 Å². The van der Waals surface area contributed by atoms with Gasteiger partial charge in [-0.25, -0.2) is 9.37 Å². The second-order valence-electron chi connectivity index (χ2n) is 3.97. The standard InChI is InChI=1S/C14H13FN2O2/c1-9-4-3-7-16-13(9)17-14(18)11-6-5-10(19-2)8-12(11)15/h3-8H,1-2H3,(H,16,17,18). The topological polar surface area (TPSA) is 51.2 Å². The normalized spacial score (nSPS) is 10.1. The molecule has 0 saturated carbocycles. The van der Waals surface area contributed by atoms with Crippen molar-refractivity contribution in [2.45, 2.75) is 6.92 Å². The summed E-state index contributed by atoms with van der Waals surface area (Å²) in [7, 11) is 1.44. The number of carbonyl (C=O) groups excluding carboxylic acids is 1. The number of aromatic nitrogens is 1. The Labute approximate surface area is 110 Å². The van der Waals surface area contributed by atoms with Crippen LogP contribution in [-0.2, 0) is 0 Å². The lowest BCUT2D eigenvalue weighted by Gasteiger charge is -2.08. The molecule has 0 atom stereocenters. The third-order valence-electron chi connectivity index (χ3n) is 2.66. The first kappa shape index (κ1) is 13.0. The molecule has 19 heavy (non-hydrogen) atoms. The van der Waals surface area contributed by atoms with Crippen LogP contribution in [-0.4, -0.2) is 18.0 Å². The summed E-state index contributed by atoms with van der Waals surface area (Å²) >= 11 is 0. The van der Waals surface area contributed by atoms with Crippen LogP contribution >= 0.6 is 0 Å². The summed E-state index contributed by atoms with van der Waals surface area (Å²) in [5, 5.41) is 2.57. The Morgan fingerprint density at radius 3 is 2.79 bits per heavy atom. The van der Waals surface area contributed by atoms with E-state index in [2.05, 4.69) is 10.3 Å². The van der Waals surface area contributed by atoms with E-state index in [1.165, 1.54) is 25.3 Å². The quantitative estimate of drug-likeness (QED) is 0.923. The van der Waals surface area contributed by atoms with Gasteiger partial charge in [0.15, 0.2) is 0 Å². The van der Waals surface area contributed by atoms with Crippen LogP contribution in [0, 0.1) is 12.7 Å². The third kappa shape index (κ3) is 2.88. The van der Waals surface area contributed by atoms with Gasteiger partial charge in [0.05, 0.1) is 12.7 Å². The SMILES string of the molecule is COc1ccc(C(=O)Nc2ncccc2C)c(F)c1. The number of benzene rings is 1. The maximum Gasteiger partial charge on any atom is 0.259 e. The molecule has 5 heteroatoms. The van der Waals surface area contributed by atoms with Crippen molar-refractivity contribution in [3.63, 3.8) is 0 Å². The van der Waals surface area contributed by atoms with Crippen molar-refractivity contribution in [1.82, 2.24) is 4.98 Å². The molecule has 0 aliphatic rings. The molecule has 1 aromatic heterocycles. The number of methoxy groups -OCH3 is 1. The van der Waals surface area contributed by atoms with E-state index in [1.807, 2.05) is 13.0 Å². The average molecular weight is 260 g/mol. The predicted molar refractivity (Wildman–Crippen MR) is 69.9 cm³/mol. The molecule has 1 aromatic carbocycles. The second-order valence-corrected chi connectivity index (χ2v) is 3.97. The number of rotatable bonds is 3. The van der Waals surface area contributed by atoms with E-state index in [1.54, 1.807) is 12.3 Å². The molecule has 98 valence electrons. The molecule has 1 heterocycles. The highest BCUT2D eigenvalue weighted by molar-refractivity contribution is 6.04. The third-order valence-corrected chi connectivity index (χ3v) is 2.66. The number of halogens is 1. The van der Waals surface area contributed by atoms with E-state index in [0.29, 0.717) is 11.6 Å². The van der Waals surface area contributed by atoms with Crippen LogP contribution in [0.15, 0.2) is 36.5 Å². The van der Waals surface area contributed by atoms with E-state index in [4.69, 9.17) is 4.74 Å². The van der Waals surface area contributed by atoms with Gasteiger partial charge in [0.25, 0.3) is 5.91 Å². The zero-order valence-electron chi connectivity index (χ0n) is 10.6. The van der Waals surface area contributed by atoms with E-state index < -0.39 is 11.7 Å². The molecule has 1 N–H and O–H groups in total.